The predicted molar refractivity (Wildman–Crippen MR) is 103 cm³/mol. The Balaban J connectivity index is 1.39. The lowest BCUT2D eigenvalue weighted by molar-refractivity contribution is -0.118. The third kappa shape index (κ3) is 3.43. The molecule has 3 aromatic rings. The molecule has 0 aliphatic carbocycles. The fourth-order valence-corrected chi connectivity index (χ4v) is 4.30. The number of nitrogens with zero attached hydrogens (tertiary/aromatic N) is 2. The molecule has 1 aliphatic heterocycles. The lowest BCUT2D eigenvalue weighted by Crippen LogP contribution is -2.39. The summed E-state index contributed by atoms with van der Waals surface area (Å²) < 4.78 is 5.28. The molecular formula is C20H21N3O2S. The van der Waals surface area contributed by atoms with Crippen LogP contribution in [0.1, 0.15) is 29.0 Å². The highest BCUT2D eigenvalue weighted by Crippen LogP contribution is 2.32. The van der Waals surface area contributed by atoms with Crippen molar-refractivity contribution in [3.05, 3.63) is 57.8 Å². The van der Waals surface area contributed by atoms with Gasteiger partial charge in [-0.25, -0.2) is 0 Å². The third-order valence-corrected chi connectivity index (χ3v) is 5.87. The van der Waals surface area contributed by atoms with Crippen molar-refractivity contribution in [2.45, 2.75) is 26.3 Å². The number of benzene rings is 1. The van der Waals surface area contributed by atoms with Crippen LogP contribution >= 0.6 is 11.3 Å². The Bertz CT molecular complexity index is 913. The topological polar surface area (TPSA) is 58.4 Å². The molecule has 1 amide bonds. The second-order valence-corrected chi connectivity index (χ2v) is 7.69. The van der Waals surface area contributed by atoms with E-state index in [9.17, 15) is 4.79 Å². The van der Waals surface area contributed by atoms with Gasteiger partial charge in [-0.3, -0.25) is 15.0 Å². The molecule has 2 aromatic heterocycles. The second-order valence-electron chi connectivity index (χ2n) is 6.69. The summed E-state index contributed by atoms with van der Waals surface area (Å²) in [6.07, 6.45) is 1.00. The van der Waals surface area contributed by atoms with E-state index in [-0.39, 0.29) is 11.9 Å². The maximum Gasteiger partial charge on any atom is 0.240 e. The number of rotatable bonds is 4. The fraction of sp³-hybridized carbons (Fsp3) is 0.300. The van der Waals surface area contributed by atoms with Crippen LogP contribution in [0.5, 0.6) is 0 Å². The van der Waals surface area contributed by atoms with Crippen molar-refractivity contribution in [3.8, 4) is 11.3 Å². The molecule has 4 rings (SSSR count). The Morgan fingerprint density at radius 3 is 2.96 bits per heavy atom. The van der Waals surface area contributed by atoms with E-state index < -0.39 is 0 Å². The lowest BCUT2D eigenvalue weighted by Gasteiger charge is -2.32. The number of carbonyl (C=O) groups is 1. The van der Waals surface area contributed by atoms with Crippen LogP contribution in [0.2, 0.25) is 0 Å². The number of hydrogen-bond acceptors (Lipinski definition) is 5. The highest BCUT2D eigenvalue weighted by Gasteiger charge is 2.26. The average Bonchev–Trinajstić information content (AvgIpc) is 3.28. The minimum absolute atomic E-state index is 0.0814. The number of aromatic nitrogens is 1. The van der Waals surface area contributed by atoms with Gasteiger partial charge in [0.25, 0.3) is 0 Å². The Morgan fingerprint density at radius 2 is 2.15 bits per heavy atom. The average molecular weight is 367 g/mol. The zero-order valence-electron chi connectivity index (χ0n) is 14.9. The van der Waals surface area contributed by atoms with Crippen LogP contribution in [0.4, 0.5) is 5.88 Å². The van der Waals surface area contributed by atoms with E-state index in [4.69, 9.17) is 4.52 Å². The van der Waals surface area contributed by atoms with E-state index in [1.54, 1.807) is 17.4 Å². The quantitative estimate of drug-likeness (QED) is 0.748. The smallest absolute Gasteiger partial charge is 0.240 e. The number of anilines is 1. The van der Waals surface area contributed by atoms with Crippen LogP contribution in [0.3, 0.4) is 0 Å². The Hall–Kier alpha value is -2.44. The van der Waals surface area contributed by atoms with Gasteiger partial charge >= 0.3 is 0 Å². The molecule has 1 atom stereocenters. The highest BCUT2D eigenvalue weighted by atomic mass is 32.1. The molecule has 0 saturated carbocycles. The standard InChI is InChI=1S/C20H21N3O2S/c1-13-3-5-15(6-4-13)17-11-20(25-22-17)21-19(24)12-23-9-7-18-16(14(23)2)8-10-26-18/h3-6,8,10-11,14H,7,9,12H2,1-2H3,(H,21,24)/t14-/m1/s1. The molecule has 6 heteroatoms. The Morgan fingerprint density at radius 1 is 1.35 bits per heavy atom. The summed E-state index contributed by atoms with van der Waals surface area (Å²) in [6, 6.07) is 12.2. The second kappa shape index (κ2) is 7.05. The van der Waals surface area contributed by atoms with E-state index in [0.29, 0.717) is 12.4 Å². The van der Waals surface area contributed by atoms with Crippen molar-refractivity contribution in [1.82, 2.24) is 10.1 Å². The van der Waals surface area contributed by atoms with Gasteiger partial charge in [0.15, 0.2) is 0 Å². The molecule has 3 heterocycles. The first-order valence-electron chi connectivity index (χ1n) is 8.74. The Labute approximate surface area is 156 Å². The molecule has 0 saturated heterocycles. The van der Waals surface area contributed by atoms with Gasteiger partial charge < -0.3 is 4.52 Å². The number of carbonyl (C=O) groups excluding carboxylic acids is 1. The molecule has 5 nitrogen and oxygen atoms in total. The summed E-state index contributed by atoms with van der Waals surface area (Å²) in [6.45, 7) is 5.44. The first-order chi connectivity index (χ1) is 12.6. The monoisotopic (exact) mass is 367 g/mol. The van der Waals surface area contributed by atoms with E-state index in [2.05, 4.69) is 33.7 Å². The van der Waals surface area contributed by atoms with Crippen LogP contribution < -0.4 is 5.32 Å². The van der Waals surface area contributed by atoms with Gasteiger partial charge in [-0.15, -0.1) is 11.3 Å². The number of thiophene rings is 1. The van der Waals surface area contributed by atoms with Crippen LogP contribution in [0.25, 0.3) is 11.3 Å². The van der Waals surface area contributed by atoms with Gasteiger partial charge in [0.05, 0.1) is 6.54 Å². The van der Waals surface area contributed by atoms with Crippen LogP contribution in [0, 0.1) is 6.92 Å². The molecule has 0 unspecified atom stereocenters. The van der Waals surface area contributed by atoms with E-state index in [1.807, 2.05) is 31.2 Å². The van der Waals surface area contributed by atoms with Gasteiger partial charge in [-0.2, -0.15) is 0 Å². The van der Waals surface area contributed by atoms with Crippen molar-refractivity contribution in [2.24, 2.45) is 0 Å². The summed E-state index contributed by atoms with van der Waals surface area (Å²) in [5, 5.41) is 9.00. The van der Waals surface area contributed by atoms with E-state index in [1.165, 1.54) is 16.0 Å². The van der Waals surface area contributed by atoms with Crippen molar-refractivity contribution in [3.63, 3.8) is 0 Å². The van der Waals surface area contributed by atoms with Crippen LogP contribution in [0.15, 0.2) is 46.3 Å². The molecule has 1 aromatic carbocycles. The van der Waals surface area contributed by atoms with Gasteiger partial charge in [0.1, 0.15) is 5.69 Å². The summed E-state index contributed by atoms with van der Waals surface area (Å²) in [5.74, 6) is 0.300. The summed E-state index contributed by atoms with van der Waals surface area (Å²) in [4.78, 5) is 16.1. The molecule has 0 fully saturated rings. The maximum atomic E-state index is 12.4. The van der Waals surface area contributed by atoms with Crippen LogP contribution in [-0.2, 0) is 11.2 Å². The number of nitrogens with one attached hydrogen (secondary N) is 1. The van der Waals surface area contributed by atoms with Gasteiger partial charge in [-0.05, 0) is 37.3 Å². The molecule has 1 aliphatic rings. The van der Waals surface area contributed by atoms with Gasteiger partial charge in [0.2, 0.25) is 11.8 Å². The number of hydrogen-bond donors (Lipinski definition) is 1. The lowest BCUT2D eigenvalue weighted by atomic mass is 10.0. The van der Waals surface area contributed by atoms with Gasteiger partial charge in [0, 0.05) is 29.1 Å². The zero-order valence-corrected chi connectivity index (χ0v) is 15.7. The normalized spacial score (nSPS) is 17.1. The highest BCUT2D eigenvalue weighted by molar-refractivity contribution is 7.10. The first-order valence-corrected chi connectivity index (χ1v) is 9.62. The fourth-order valence-electron chi connectivity index (χ4n) is 3.33. The van der Waals surface area contributed by atoms with Crippen molar-refractivity contribution in [1.29, 1.82) is 0 Å². The number of aryl methyl sites for hydroxylation is 1. The van der Waals surface area contributed by atoms with E-state index in [0.717, 1.165) is 24.2 Å². The maximum absolute atomic E-state index is 12.4. The third-order valence-electron chi connectivity index (χ3n) is 4.87. The first kappa shape index (κ1) is 17.0. The van der Waals surface area contributed by atoms with Crippen molar-refractivity contribution < 1.29 is 9.32 Å². The van der Waals surface area contributed by atoms with Crippen LogP contribution in [-0.4, -0.2) is 29.1 Å². The molecule has 0 radical (unpaired) electrons. The van der Waals surface area contributed by atoms with Crippen molar-refractivity contribution in [2.75, 3.05) is 18.4 Å². The summed E-state index contributed by atoms with van der Waals surface area (Å²) in [5.41, 5.74) is 4.22. The SMILES string of the molecule is Cc1ccc(-c2cc(NC(=O)CN3CCc4sccc4[C@H]3C)on2)cc1. The summed E-state index contributed by atoms with van der Waals surface area (Å²) in [7, 11) is 0. The molecular weight excluding hydrogens is 346 g/mol. The predicted octanol–water partition coefficient (Wildman–Crippen LogP) is 4.27. The molecule has 26 heavy (non-hydrogen) atoms. The zero-order chi connectivity index (χ0) is 18.1. The molecule has 1 N–H and O–H groups in total. The molecule has 0 bridgehead atoms. The molecule has 0 spiro atoms. The number of amides is 1. The molecule has 134 valence electrons. The van der Waals surface area contributed by atoms with Crippen molar-refractivity contribution >= 4 is 23.1 Å². The largest absolute Gasteiger partial charge is 0.338 e. The summed E-state index contributed by atoms with van der Waals surface area (Å²) >= 11 is 1.80. The minimum atomic E-state index is -0.0814. The minimum Gasteiger partial charge on any atom is -0.338 e. The van der Waals surface area contributed by atoms with E-state index >= 15 is 0 Å². The Kier molecular flexibility index (Phi) is 4.61. The number of fused-ring (bicyclic) bond motifs is 1. The van der Waals surface area contributed by atoms with Gasteiger partial charge in [-0.1, -0.05) is 35.0 Å².